The number of halogens is 1. The Hall–Kier alpha value is -1.34. The van der Waals surface area contributed by atoms with Gasteiger partial charge in [0, 0.05) is 19.1 Å². The molecule has 0 bridgehead atoms. The van der Waals surface area contributed by atoms with Gasteiger partial charge in [0.2, 0.25) is 5.91 Å². The second-order valence-corrected chi connectivity index (χ2v) is 7.96. The van der Waals surface area contributed by atoms with Crippen molar-refractivity contribution in [3.05, 3.63) is 0 Å². The highest BCUT2D eigenvalue weighted by Crippen LogP contribution is 2.33. The summed E-state index contributed by atoms with van der Waals surface area (Å²) >= 11 is 0. The fourth-order valence-electron chi connectivity index (χ4n) is 4.48. The maximum Gasteiger partial charge on any atom is 0.325 e. The number of amides is 4. The van der Waals surface area contributed by atoms with Gasteiger partial charge in [-0.3, -0.25) is 14.5 Å². The smallest absolute Gasteiger partial charge is 0.325 e. The van der Waals surface area contributed by atoms with Crippen LogP contribution in [-0.2, 0) is 9.59 Å². The first-order valence-corrected chi connectivity index (χ1v) is 10.2. The van der Waals surface area contributed by atoms with Crippen LogP contribution in [0.3, 0.4) is 0 Å². The van der Waals surface area contributed by atoms with Gasteiger partial charge in [0.25, 0.3) is 5.91 Å². The van der Waals surface area contributed by atoms with Crippen LogP contribution in [-0.4, -0.2) is 54.0 Å². The van der Waals surface area contributed by atoms with Gasteiger partial charge in [0.05, 0.1) is 0 Å². The summed E-state index contributed by atoms with van der Waals surface area (Å²) in [7, 11) is 0. The molecule has 1 saturated heterocycles. The lowest BCUT2D eigenvalue weighted by molar-refractivity contribution is -0.135. The molecule has 0 radical (unpaired) electrons. The first-order chi connectivity index (χ1) is 12.6. The van der Waals surface area contributed by atoms with Crippen LogP contribution in [0.1, 0.15) is 70.6 Å². The average Bonchev–Trinajstić information content (AvgIpc) is 2.83. The van der Waals surface area contributed by atoms with Crippen molar-refractivity contribution in [2.24, 2.45) is 0 Å². The van der Waals surface area contributed by atoms with E-state index in [0.29, 0.717) is 25.4 Å². The number of nitrogens with zero attached hydrogens (tertiary/aromatic N) is 1. The Bertz CT molecular complexity index is 529. The molecule has 8 heteroatoms. The van der Waals surface area contributed by atoms with Crippen LogP contribution in [0, 0.1) is 0 Å². The monoisotopic (exact) mass is 400 g/mol. The van der Waals surface area contributed by atoms with Crippen molar-refractivity contribution in [1.82, 2.24) is 20.9 Å². The number of carbonyl (C=O) groups excluding carboxylic acids is 3. The van der Waals surface area contributed by atoms with E-state index < -0.39 is 11.6 Å². The normalized spacial score (nSPS) is 22.9. The molecule has 7 nitrogen and oxygen atoms in total. The van der Waals surface area contributed by atoms with Gasteiger partial charge >= 0.3 is 6.03 Å². The highest BCUT2D eigenvalue weighted by Gasteiger charge is 2.51. The molecule has 0 aromatic carbocycles. The summed E-state index contributed by atoms with van der Waals surface area (Å²) in [4.78, 5) is 38.0. The van der Waals surface area contributed by atoms with Crippen molar-refractivity contribution in [2.45, 2.75) is 82.2 Å². The van der Waals surface area contributed by atoms with Crippen LogP contribution in [0.2, 0.25) is 0 Å². The molecule has 3 fully saturated rings. The van der Waals surface area contributed by atoms with Gasteiger partial charge in [-0.25, -0.2) is 4.79 Å². The summed E-state index contributed by atoms with van der Waals surface area (Å²) in [5.41, 5.74) is -0.753. The zero-order valence-corrected chi connectivity index (χ0v) is 16.9. The molecule has 3 aliphatic rings. The fraction of sp³-hybridized carbons (Fsp3) is 0.842. The number of urea groups is 1. The molecule has 2 saturated carbocycles. The molecule has 154 valence electrons. The Labute approximate surface area is 167 Å². The molecule has 0 aromatic rings. The summed E-state index contributed by atoms with van der Waals surface area (Å²) in [6.07, 6.45) is 12.0. The Morgan fingerprint density at radius 3 is 2.30 bits per heavy atom. The van der Waals surface area contributed by atoms with Crippen LogP contribution in [0.4, 0.5) is 4.79 Å². The average molecular weight is 401 g/mol. The molecule has 3 rings (SSSR count). The van der Waals surface area contributed by atoms with Crippen molar-refractivity contribution < 1.29 is 14.4 Å². The largest absolute Gasteiger partial charge is 0.353 e. The first kappa shape index (κ1) is 22.0. The zero-order valence-electron chi connectivity index (χ0n) is 16.1. The van der Waals surface area contributed by atoms with Crippen LogP contribution >= 0.6 is 12.4 Å². The van der Waals surface area contributed by atoms with E-state index >= 15 is 0 Å². The van der Waals surface area contributed by atoms with E-state index in [4.69, 9.17) is 0 Å². The molecule has 4 amide bonds. The topological polar surface area (TPSA) is 90.5 Å². The SMILES string of the molecule is Cl.O=C(CN1C(=O)NC2(CCCCC2)C1=O)NCCNC1CCCCCC1. The van der Waals surface area contributed by atoms with Crippen molar-refractivity contribution in [3.8, 4) is 0 Å². The quantitative estimate of drug-likeness (QED) is 0.361. The first-order valence-electron chi connectivity index (χ1n) is 10.2. The minimum Gasteiger partial charge on any atom is -0.353 e. The van der Waals surface area contributed by atoms with Gasteiger partial charge < -0.3 is 16.0 Å². The van der Waals surface area contributed by atoms with E-state index in [1.165, 1.54) is 38.5 Å². The maximum absolute atomic E-state index is 12.6. The molecule has 2 aliphatic carbocycles. The number of hydrogen-bond acceptors (Lipinski definition) is 4. The van der Waals surface area contributed by atoms with Crippen LogP contribution in [0.25, 0.3) is 0 Å². The molecular weight excluding hydrogens is 368 g/mol. The third-order valence-corrected chi connectivity index (χ3v) is 5.99. The molecule has 0 unspecified atom stereocenters. The Morgan fingerprint density at radius 2 is 1.63 bits per heavy atom. The number of nitrogens with one attached hydrogen (secondary N) is 3. The van der Waals surface area contributed by atoms with Crippen molar-refractivity contribution in [1.29, 1.82) is 0 Å². The van der Waals surface area contributed by atoms with E-state index in [1.807, 2.05) is 0 Å². The lowest BCUT2D eigenvalue weighted by atomic mass is 9.82. The van der Waals surface area contributed by atoms with Crippen molar-refractivity contribution >= 4 is 30.3 Å². The van der Waals surface area contributed by atoms with Gasteiger partial charge in [-0.15, -0.1) is 12.4 Å². The van der Waals surface area contributed by atoms with Gasteiger partial charge in [0.15, 0.2) is 0 Å². The van der Waals surface area contributed by atoms with Gasteiger partial charge in [-0.05, 0) is 25.7 Å². The summed E-state index contributed by atoms with van der Waals surface area (Å²) in [6, 6.07) is 0.120. The van der Waals surface area contributed by atoms with Gasteiger partial charge in [-0.2, -0.15) is 0 Å². The van der Waals surface area contributed by atoms with Crippen LogP contribution < -0.4 is 16.0 Å². The standard InChI is InChI=1S/C19H32N4O3.ClH/c24-16(21-13-12-20-15-8-4-1-2-5-9-15)14-23-17(25)19(22-18(23)26)10-6-3-7-11-19;/h15,20H,1-14H2,(H,21,24)(H,22,26);1H. The number of carbonyl (C=O) groups is 3. The van der Waals surface area contributed by atoms with E-state index in [2.05, 4.69) is 16.0 Å². The van der Waals surface area contributed by atoms with E-state index in [-0.39, 0.29) is 30.8 Å². The summed E-state index contributed by atoms with van der Waals surface area (Å²) in [5, 5.41) is 9.16. The lowest BCUT2D eigenvalue weighted by Crippen LogP contribution is -2.49. The highest BCUT2D eigenvalue weighted by atomic mass is 35.5. The molecule has 3 N–H and O–H groups in total. The second kappa shape index (κ2) is 10.3. The predicted molar refractivity (Wildman–Crippen MR) is 106 cm³/mol. The number of imide groups is 1. The molecule has 1 aliphatic heterocycles. The Morgan fingerprint density at radius 1 is 1.00 bits per heavy atom. The maximum atomic E-state index is 12.6. The molecule has 0 atom stereocenters. The Balaban J connectivity index is 0.00000261. The highest BCUT2D eigenvalue weighted by molar-refractivity contribution is 6.09. The molecule has 27 heavy (non-hydrogen) atoms. The minimum absolute atomic E-state index is 0. The third kappa shape index (κ3) is 5.57. The van der Waals surface area contributed by atoms with Gasteiger partial charge in [-0.1, -0.05) is 44.9 Å². The molecule has 1 spiro atoms. The lowest BCUT2D eigenvalue weighted by Gasteiger charge is -2.30. The minimum atomic E-state index is -0.753. The molecule has 1 heterocycles. The van der Waals surface area contributed by atoms with Crippen LogP contribution in [0.5, 0.6) is 0 Å². The third-order valence-electron chi connectivity index (χ3n) is 5.99. The van der Waals surface area contributed by atoms with Crippen LogP contribution in [0.15, 0.2) is 0 Å². The predicted octanol–water partition coefficient (Wildman–Crippen LogP) is 2.09. The summed E-state index contributed by atoms with van der Waals surface area (Å²) in [6.45, 7) is 1.06. The zero-order chi connectivity index (χ0) is 18.4. The van der Waals surface area contributed by atoms with E-state index in [0.717, 1.165) is 30.7 Å². The Kier molecular flexibility index (Phi) is 8.35. The molecule has 0 aromatic heterocycles. The second-order valence-electron chi connectivity index (χ2n) is 7.96. The summed E-state index contributed by atoms with van der Waals surface area (Å²) in [5.74, 6) is -0.502. The van der Waals surface area contributed by atoms with Crippen molar-refractivity contribution in [3.63, 3.8) is 0 Å². The number of rotatable bonds is 6. The van der Waals surface area contributed by atoms with Gasteiger partial charge in [0.1, 0.15) is 12.1 Å². The summed E-state index contributed by atoms with van der Waals surface area (Å²) < 4.78 is 0. The number of hydrogen-bond donors (Lipinski definition) is 3. The fourth-order valence-corrected chi connectivity index (χ4v) is 4.48. The molecular formula is C19H33ClN4O3. The van der Waals surface area contributed by atoms with Crippen molar-refractivity contribution in [2.75, 3.05) is 19.6 Å². The van der Waals surface area contributed by atoms with E-state index in [9.17, 15) is 14.4 Å². The van der Waals surface area contributed by atoms with E-state index in [1.54, 1.807) is 0 Å².